The molecule has 3 rings (SSSR count). The number of likely N-dealkylation sites (tertiary alicyclic amines) is 1. The second kappa shape index (κ2) is 8.67. The molecule has 0 unspecified atom stereocenters. The number of aliphatic hydroxyl groups is 1. The van der Waals surface area contributed by atoms with E-state index in [1.165, 1.54) is 12.8 Å². The number of aliphatic hydroxyl groups excluding tert-OH is 1. The molecule has 26 heavy (non-hydrogen) atoms. The summed E-state index contributed by atoms with van der Waals surface area (Å²) < 4.78 is 5.25. The van der Waals surface area contributed by atoms with Gasteiger partial charge < -0.3 is 19.6 Å². The van der Waals surface area contributed by atoms with Gasteiger partial charge in [-0.1, -0.05) is 0 Å². The van der Waals surface area contributed by atoms with Gasteiger partial charge in [0.2, 0.25) is 5.88 Å². The molecule has 2 aliphatic rings. The van der Waals surface area contributed by atoms with E-state index < -0.39 is 0 Å². The lowest BCUT2D eigenvalue weighted by molar-refractivity contribution is 0.0598. The van der Waals surface area contributed by atoms with E-state index in [2.05, 4.69) is 32.8 Å². The minimum Gasteiger partial charge on any atom is -0.480 e. The van der Waals surface area contributed by atoms with E-state index in [4.69, 9.17) is 4.74 Å². The van der Waals surface area contributed by atoms with Gasteiger partial charge in [-0.05, 0) is 45.5 Å². The van der Waals surface area contributed by atoms with Crippen LogP contribution in [0.15, 0.2) is 12.3 Å². The quantitative estimate of drug-likeness (QED) is 0.838. The van der Waals surface area contributed by atoms with Gasteiger partial charge in [-0.15, -0.1) is 0 Å². The predicted molar refractivity (Wildman–Crippen MR) is 100 cm³/mol. The second-order valence-electron chi connectivity index (χ2n) is 7.21. The van der Waals surface area contributed by atoms with E-state index in [-0.39, 0.29) is 6.61 Å². The summed E-state index contributed by atoms with van der Waals surface area (Å²) in [6, 6.07) is 5.02. The maximum absolute atomic E-state index is 9.58. The summed E-state index contributed by atoms with van der Waals surface area (Å²) in [7, 11) is 3.72. The van der Waals surface area contributed by atoms with Crippen molar-refractivity contribution in [3.8, 4) is 11.9 Å². The Hall–Kier alpha value is -1.88. The van der Waals surface area contributed by atoms with Crippen LogP contribution < -0.4 is 9.64 Å². The van der Waals surface area contributed by atoms with Crippen LogP contribution in [0, 0.1) is 11.3 Å². The van der Waals surface area contributed by atoms with Crippen LogP contribution in [0.3, 0.4) is 0 Å². The topological polar surface area (TPSA) is 75.9 Å². The Kier molecular flexibility index (Phi) is 6.30. The van der Waals surface area contributed by atoms with E-state index in [0.717, 1.165) is 44.8 Å². The number of piperazine rings is 1. The number of ether oxygens (including phenoxy) is 1. The van der Waals surface area contributed by atoms with Crippen LogP contribution in [0.1, 0.15) is 24.8 Å². The van der Waals surface area contributed by atoms with Crippen LogP contribution in [0.25, 0.3) is 0 Å². The summed E-state index contributed by atoms with van der Waals surface area (Å²) >= 11 is 0. The van der Waals surface area contributed by atoms with Crippen molar-refractivity contribution in [3.05, 3.63) is 17.8 Å². The molecule has 0 saturated carbocycles. The number of pyridine rings is 1. The highest BCUT2D eigenvalue weighted by Crippen LogP contribution is 2.30. The van der Waals surface area contributed by atoms with Crippen molar-refractivity contribution < 1.29 is 9.84 Å². The molecule has 7 heteroatoms. The fourth-order valence-electron chi connectivity index (χ4n) is 4.26. The average molecular weight is 359 g/mol. The molecule has 1 aromatic heterocycles. The molecule has 2 fully saturated rings. The van der Waals surface area contributed by atoms with Gasteiger partial charge in [0.15, 0.2) is 0 Å². The van der Waals surface area contributed by atoms with E-state index >= 15 is 0 Å². The molecular weight excluding hydrogens is 330 g/mol. The van der Waals surface area contributed by atoms with Gasteiger partial charge >= 0.3 is 0 Å². The van der Waals surface area contributed by atoms with Crippen molar-refractivity contribution >= 4 is 5.69 Å². The van der Waals surface area contributed by atoms with E-state index in [9.17, 15) is 10.4 Å². The first kappa shape index (κ1) is 18.9. The normalized spacial score (nSPS) is 23.0. The highest BCUT2D eigenvalue weighted by Gasteiger charge is 2.34. The largest absolute Gasteiger partial charge is 0.480 e. The lowest BCUT2D eigenvalue weighted by Gasteiger charge is -2.48. The number of methoxy groups -OCH3 is 1. The molecule has 0 aliphatic carbocycles. The molecule has 1 atom stereocenters. The first-order chi connectivity index (χ1) is 12.7. The van der Waals surface area contributed by atoms with Crippen LogP contribution in [-0.2, 0) is 0 Å². The van der Waals surface area contributed by atoms with Crippen LogP contribution in [0.2, 0.25) is 0 Å². The Balaban J connectivity index is 1.77. The van der Waals surface area contributed by atoms with Crippen LogP contribution in [0.5, 0.6) is 5.88 Å². The van der Waals surface area contributed by atoms with Gasteiger partial charge in [-0.3, -0.25) is 4.90 Å². The van der Waals surface area contributed by atoms with Crippen molar-refractivity contribution in [2.45, 2.75) is 31.3 Å². The van der Waals surface area contributed by atoms with Crippen molar-refractivity contribution in [1.29, 1.82) is 5.26 Å². The lowest BCUT2D eigenvalue weighted by atomic mass is 9.98. The molecule has 0 radical (unpaired) electrons. The summed E-state index contributed by atoms with van der Waals surface area (Å²) in [4.78, 5) is 11.4. The number of aromatic nitrogens is 1. The number of piperidine rings is 1. The van der Waals surface area contributed by atoms with Gasteiger partial charge in [0.1, 0.15) is 11.6 Å². The van der Waals surface area contributed by atoms with Crippen molar-refractivity contribution in [2.24, 2.45) is 0 Å². The van der Waals surface area contributed by atoms with Crippen LogP contribution in [-0.4, -0.2) is 85.5 Å². The summed E-state index contributed by atoms with van der Waals surface area (Å²) in [6.45, 7) is 5.10. The zero-order valence-electron chi connectivity index (χ0n) is 15.8. The molecule has 0 bridgehead atoms. The molecule has 1 aromatic rings. The highest BCUT2D eigenvalue weighted by atomic mass is 16.5. The van der Waals surface area contributed by atoms with Gasteiger partial charge in [0.25, 0.3) is 0 Å². The molecule has 0 aromatic carbocycles. The first-order valence-electron chi connectivity index (χ1n) is 9.41. The lowest BCUT2D eigenvalue weighted by Crippen LogP contribution is -2.58. The van der Waals surface area contributed by atoms with Crippen molar-refractivity contribution in [3.63, 3.8) is 0 Å². The van der Waals surface area contributed by atoms with Crippen molar-refractivity contribution in [2.75, 3.05) is 58.4 Å². The Morgan fingerprint density at radius 3 is 2.73 bits per heavy atom. The maximum Gasteiger partial charge on any atom is 0.233 e. The van der Waals surface area contributed by atoms with E-state index in [1.807, 2.05) is 6.07 Å². The summed E-state index contributed by atoms with van der Waals surface area (Å²) in [6.07, 6.45) is 4.82. The monoisotopic (exact) mass is 359 g/mol. The zero-order valence-corrected chi connectivity index (χ0v) is 15.8. The standard InChI is InChI=1S/C19H29N5O2/c1-22-8-4-15(5-9-22)24-11-10-23(14-16(24)6-12-25)18-3-7-21-19(26-2)17(18)13-20/h3,7,15-16,25H,4-6,8-12,14H2,1-2H3/t16-/m0/s1. The fraction of sp³-hybridized carbons (Fsp3) is 0.684. The Labute approximate surface area is 155 Å². The van der Waals surface area contributed by atoms with Crippen LogP contribution in [0.4, 0.5) is 5.69 Å². The number of hydrogen-bond donors (Lipinski definition) is 1. The van der Waals surface area contributed by atoms with Gasteiger partial charge in [-0.2, -0.15) is 5.26 Å². The third kappa shape index (κ3) is 3.93. The first-order valence-corrected chi connectivity index (χ1v) is 9.41. The Morgan fingerprint density at radius 2 is 2.08 bits per heavy atom. The number of anilines is 1. The third-order valence-corrected chi connectivity index (χ3v) is 5.69. The molecule has 3 heterocycles. The molecule has 0 amide bonds. The van der Waals surface area contributed by atoms with Gasteiger partial charge in [0, 0.05) is 44.5 Å². The zero-order chi connectivity index (χ0) is 18.5. The van der Waals surface area contributed by atoms with Crippen LogP contribution >= 0.6 is 0 Å². The Morgan fingerprint density at radius 1 is 1.31 bits per heavy atom. The highest BCUT2D eigenvalue weighted by molar-refractivity contribution is 5.63. The second-order valence-corrected chi connectivity index (χ2v) is 7.21. The molecular formula is C19H29N5O2. The maximum atomic E-state index is 9.58. The number of rotatable bonds is 5. The minimum atomic E-state index is 0.187. The number of nitrogens with zero attached hydrogens (tertiary/aromatic N) is 5. The minimum absolute atomic E-state index is 0.187. The third-order valence-electron chi connectivity index (χ3n) is 5.69. The van der Waals surface area contributed by atoms with Gasteiger partial charge in [0.05, 0.1) is 12.8 Å². The molecule has 2 aliphatic heterocycles. The van der Waals surface area contributed by atoms with E-state index in [1.54, 1.807) is 13.3 Å². The fourth-order valence-corrected chi connectivity index (χ4v) is 4.26. The summed E-state index contributed by atoms with van der Waals surface area (Å²) in [5.41, 5.74) is 1.37. The van der Waals surface area contributed by atoms with E-state index in [0.29, 0.717) is 23.5 Å². The number of nitriles is 1. The van der Waals surface area contributed by atoms with Crippen molar-refractivity contribution in [1.82, 2.24) is 14.8 Å². The summed E-state index contributed by atoms with van der Waals surface area (Å²) in [5.74, 6) is 0.376. The molecule has 1 N–H and O–H groups in total. The Bertz CT molecular complexity index is 639. The molecule has 142 valence electrons. The molecule has 7 nitrogen and oxygen atoms in total. The molecule has 2 saturated heterocycles. The molecule has 0 spiro atoms. The number of hydrogen-bond acceptors (Lipinski definition) is 7. The predicted octanol–water partition coefficient (Wildman–Crippen LogP) is 0.929. The smallest absolute Gasteiger partial charge is 0.233 e. The van der Waals surface area contributed by atoms with Gasteiger partial charge in [-0.25, -0.2) is 4.98 Å². The average Bonchev–Trinajstić information content (AvgIpc) is 2.68. The SMILES string of the molecule is COc1nccc(N2CCN(C3CCN(C)CC3)[C@@H](CCO)C2)c1C#N. The summed E-state index contributed by atoms with van der Waals surface area (Å²) in [5, 5.41) is 19.1.